The van der Waals surface area contributed by atoms with Crippen molar-refractivity contribution in [2.45, 2.75) is 19.8 Å². The first kappa shape index (κ1) is 18.2. The lowest BCUT2D eigenvalue weighted by Crippen LogP contribution is -2.38. The lowest BCUT2D eigenvalue weighted by molar-refractivity contribution is -0.137. The Morgan fingerprint density at radius 2 is 1.68 bits per heavy atom. The minimum absolute atomic E-state index is 0.0267. The average molecular weight is 327 g/mol. The summed E-state index contributed by atoms with van der Waals surface area (Å²) in [6.07, 6.45) is 3.29. The maximum Gasteiger partial charge on any atom is 0.253 e. The van der Waals surface area contributed by atoms with Crippen LogP contribution in [0.25, 0.3) is 0 Å². The second-order valence-electron chi connectivity index (χ2n) is 4.58. The molecule has 0 aromatic carbocycles. The fraction of sp³-hybridized carbons (Fsp3) is 0.571. The number of carbonyl (C=O) groups is 4. The van der Waals surface area contributed by atoms with Crippen molar-refractivity contribution < 1.29 is 19.2 Å². The van der Waals surface area contributed by atoms with Crippen molar-refractivity contribution in [1.29, 1.82) is 0 Å². The third-order valence-electron chi connectivity index (χ3n) is 2.92. The Labute approximate surface area is 133 Å². The van der Waals surface area contributed by atoms with E-state index in [0.29, 0.717) is 25.1 Å². The van der Waals surface area contributed by atoms with Gasteiger partial charge in [0.25, 0.3) is 11.8 Å². The molecule has 2 N–H and O–H groups in total. The predicted octanol–water partition coefficient (Wildman–Crippen LogP) is -0.323. The summed E-state index contributed by atoms with van der Waals surface area (Å²) in [7, 11) is 0. The van der Waals surface area contributed by atoms with E-state index in [1.807, 2.05) is 0 Å². The Balaban J connectivity index is 1.99. The molecule has 22 heavy (non-hydrogen) atoms. The molecule has 122 valence electrons. The van der Waals surface area contributed by atoms with Gasteiger partial charge in [0.1, 0.15) is 0 Å². The number of rotatable bonds is 10. The van der Waals surface area contributed by atoms with Gasteiger partial charge < -0.3 is 10.6 Å². The first-order valence-corrected chi connectivity index (χ1v) is 8.34. The van der Waals surface area contributed by atoms with Crippen molar-refractivity contribution in [3.63, 3.8) is 0 Å². The van der Waals surface area contributed by atoms with E-state index in [2.05, 4.69) is 10.6 Å². The molecule has 1 heterocycles. The topological polar surface area (TPSA) is 95.6 Å². The smallest absolute Gasteiger partial charge is 0.253 e. The molecule has 0 aliphatic carbocycles. The summed E-state index contributed by atoms with van der Waals surface area (Å²) >= 11 is 1.59. The van der Waals surface area contributed by atoms with Gasteiger partial charge in [-0.1, -0.05) is 6.92 Å². The van der Waals surface area contributed by atoms with Crippen LogP contribution in [-0.2, 0) is 19.2 Å². The van der Waals surface area contributed by atoms with Crippen LogP contribution in [-0.4, -0.2) is 59.7 Å². The van der Waals surface area contributed by atoms with Gasteiger partial charge in [0.2, 0.25) is 11.8 Å². The molecule has 4 amide bonds. The third kappa shape index (κ3) is 6.75. The molecular formula is C14H21N3O4S. The molecule has 0 unspecified atom stereocenters. The van der Waals surface area contributed by atoms with Gasteiger partial charge in [-0.3, -0.25) is 24.1 Å². The summed E-state index contributed by atoms with van der Waals surface area (Å²) in [5, 5.41) is 5.43. The van der Waals surface area contributed by atoms with Crippen molar-refractivity contribution in [3.05, 3.63) is 12.2 Å². The molecule has 0 atom stereocenters. The zero-order valence-electron chi connectivity index (χ0n) is 12.6. The number of hydrogen-bond acceptors (Lipinski definition) is 5. The van der Waals surface area contributed by atoms with E-state index in [1.54, 1.807) is 18.7 Å². The molecule has 0 aromatic heterocycles. The summed E-state index contributed by atoms with van der Waals surface area (Å²) in [5.41, 5.74) is 0. The summed E-state index contributed by atoms with van der Waals surface area (Å²) in [5.74, 6) is 0.655. The first-order valence-electron chi connectivity index (χ1n) is 7.19. The van der Waals surface area contributed by atoms with Crippen LogP contribution < -0.4 is 10.6 Å². The number of carbonyl (C=O) groups excluding carboxylic acids is 4. The minimum Gasteiger partial charge on any atom is -0.355 e. The molecule has 1 rings (SSSR count). The van der Waals surface area contributed by atoms with Gasteiger partial charge in [0.05, 0.1) is 0 Å². The Hall–Kier alpha value is -1.83. The average Bonchev–Trinajstić information content (AvgIpc) is 2.82. The number of nitrogens with zero attached hydrogens (tertiary/aromatic N) is 1. The fourth-order valence-corrected chi connectivity index (χ4v) is 2.48. The molecule has 0 spiro atoms. The number of imide groups is 1. The quantitative estimate of drug-likeness (QED) is 0.423. The molecule has 0 bridgehead atoms. The SMILES string of the molecule is CCC(=O)NCCSCCC(=O)NCCN1C(=O)C=CC1=O. The van der Waals surface area contributed by atoms with Crippen LogP contribution in [0.15, 0.2) is 12.2 Å². The Bertz CT molecular complexity index is 447. The molecule has 0 radical (unpaired) electrons. The lowest BCUT2D eigenvalue weighted by Gasteiger charge is -2.13. The van der Waals surface area contributed by atoms with Gasteiger partial charge in [0.15, 0.2) is 0 Å². The zero-order valence-corrected chi connectivity index (χ0v) is 13.4. The molecule has 0 saturated heterocycles. The van der Waals surface area contributed by atoms with Crippen LogP contribution >= 0.6 is 11.8 Å². The van der Waals surface area contributed by atoms with Crippen molar-refractivity contribution in [1.82, 2.24) is 15.5 Å². The van der Waals surface area contributed by atoms with Crippen LogP contribution in [0.3, 0.4) is 0 Å². The standard InChI is InChI=1S/C14H21N3O4S/c1-2-11(18)16-7-10-22-9-5-12(19)15-6-8-17-13(20)3-4-14(17)21/h3-4H,2,5-10H2,1H3,(H,15,19)(H,16,18). The molecule has 8 heteroatoms. The van der Waals surface area contributed by atoms with Gasteiger partial charge >= 0.3 is 0 Å². The van der Waals surface area contributed by atoms with Gasteiger partial charge in [-0.15, -0.1) is 0 Å². The molecule has 0 aromatic rings. The van der Waals surface area contributed by atoms with Gasteiger partial charge in [-0.2, -0.15) is 11.8 Å². The Morgan fingerprint density at radius 3 is 2.32 bits per heavy atom. The van der Waals surface area contributed by atoms with Gasteiger partial charge in [-0.25, -0.2) is 0 Å². The normalized spacial score (nSPS) is 13.6. The molecule has 7 nitrogen and oxygen atoms in total. The summed E-state index contributed by atoms with van der Waals surface area (Å²) < 4.78 is 0. The van der Waals surface area contributed by atoms with Crippen molar-refractivity contribution >= 4 is 35.4 Å². The number of thioether (sulfide) groups is 1. The number of hydrogen-bond donors (Lipinski definition) is 2. The van der Waals surface area contributed by atoms with Gasteiger partial charge in [-0.05, 0) is 0 Å². The largest absolute Gasteiger partial charge is 0.355 e. The monoisotopic (exact) mass is 327 g/mol. The van der Waals surface area contributed by atoms with Crippen LogP contribution in [0.2, 0.25) is 0 Å². The number of amides is 4. The highest BCUT2D eigenvalue weighted by molar-refractivity contribution is 7.99. The maximum absolute atomic E-state index is 11.6. The van der Waals surface area contributed by atoms with Crippen LogP contribution in [0.1, 0.15) is 19.8 Å². The van der Waals surface area contributed by atoms with Crippen molar-refractivity contribution in [2.75, 3.05) is 31.1 Å². The first-order chi connectivity index (χ1) is 10.5. The Kier molecular flexibility index (Phi) is 8.27. The van der Waals surface area contributed by atoms with Crippen LogP contribution in [0.5, 0.6) is 0 Å². The van der Waals surface area contributed by atoms with E-state index in [-0.39, 0.29) is 36.7 Å². The van der Waals surface area contributed by atoms with E-state index in [9.17, 15) is 19.2 Å². The molecule has 0 fully saturated rings. The summed E-state index contributed by atoms with van der Waals surface area (Å²) in [6, 6.07) is 0. The molecule has 1 aliphatic rings. The minimum atomic E-state index is -0.344. The molecule has 1 aliphatic heterocycles. The molecule has 0 saturated carbocycles. The fourth-order valence-electron chi connectivity index (χ4n) is 1.70. The van der Waals surface area contributed by atoms with E-state index in [1.165, 1.54) is 12.2 Å². The molecular weight excluding hydrogens is 306 g/mol. The van der Waals surface area contributed by atoms with Crippen molar-refractivity contribution in [3.8, 4) is 0 Å². The van der Waals surface area contributed by atoms with Crippen LogP contribution in [0, 0.1) is 0 Å². The zero-order chi connectivity index (χ0) is 16.4. The lowest BCUT2D eigenvalue weighted by atomic mass is 10.4. The second kappa shape index (κ2) is 9.99. The van der Waals surface area contributed by atoms with Crippen molar-refractivity contribution in [2.24, 2.45) is 0 Å². The second-order valence-corrected chi connectivity index (χ2v) is 5.80. The highest BCUT2D eigenvalue weighted by atomic mass is 32.2. The summed E-state index contributed by atoms with van der Waals surface area (Å²) in [6.45, 7) is 2.85. The van der Waals surface area contributed by atoms with E-state index in [4.69, 9.17) is 0 Å². The highest BCUT2D eigenvalue weighted by Crippen LogP contribution is 2.03. The summed E-state index contributed by atoms with van der Waals surface area (Å²) in [4.78, 5) is 46.2. The third-order valence-corrected chi connectivity index (χ3v) is 3.91. The van der Waals surface area contributed by atoms with E-state index in [0.717, 1.165) is 10.7 Å². The number of nitrogens with one attached hydrogen (secondary N) is 2. The Morgan fingerprint density at radius 1 is 1.05 bits per heavy atom. The van der Waals surface area contributed by atoms with Gasteiger partial charge in [0, 0.05) is 56.1 Å². The predicted molar refractivity (Wildman–Crippen MR) is 84.1 cm³/mol. The maximum atomic E-state index is 11.6. The van der Waals surface area contributed by atoms with Crippen LogP contribution in [0.4, 0.5) is 0 Å². The van der Waals surface area contributed by atoms with E-state index < -0.39 is 0 Å². The highest BCUT2D eigenvalue weighted by Gasteiger charge is 2.22. The van der Waals surface area contributed by atoms with E-state index >= 15 is 0 Å².